The third-order valence-electron chi connectivity index (χ3n) is 3.27. The van der Waals surface area contributed by atoms with Gasteiger partial charge in [-0.25, -0.2) is 0 Å². The van der Waals surface area contributed by atoms with Crippen molar-refractivity contribution in [3.8, 4) is 0 Å². The van der Waals surface area contributed by atoms with Gasteiger partial charge in [0.25, 0.3) is 5.91 Å². The lowest BCUT2D eigenvalue weighted by molar-refractivity contribution is -0.142. The number of alkyl halides is 3. The van der Waals surface area contributed by atoms with E-state index in [0.717, 1.165) is 11.8 Å². The average molecular weight is 346 g/mol. The van der Waals surface area contributed by atoms with Crippen molar-refractivity contribution in [1.82, 2.24) is 15.1 Å². The van der Waals surface area contributed by atoms with Gasteiger partial charge in [0, 0.05) is 11.2 Å². The summed E-state index contributed by atoms with van der Waals surface area (Å²) in [5.41, 5.74) is -0.156. The molecule has 0 spiro atoms. The summed E-state index contributed by atoms with van der Waals surface area (Å²) in [4.78, 5) is 12.3. The Kier molecular flexibility index (Phi) is 4.70. The maximum atomic E-state index is 12.5. The SMILES string of the molecule is CC(C)(NC(=O)c1ccnn1CC(F)(F)F)c1ccc(Cl)cc1. The Morgan fingerprint density at radius 2 is 1.83 bits per heavy atom. The molecule has 1 N–H and O–H groups in total. The van der Waals surface area contributed by atoms with E-state index < -0.39 is 24.2 Å². The largest absolute Gasteiger partial charge is 0.408 e. The first-order valence-electron chi connectivity index (χ1n) is 6.76. The summed E-state index contributed by atoms with van der Waals surface area (Å²) in [6, 6.07) is 8.10. The second-order valence-corrected chi connectivity index (χ2v) is 6.01. The molecule has 0 unspecified atom stereocenters. The zero-order chi connectivity index (χ0) is 17.3. The molecule has 23 heavy (non-hydrogen) atoms. The molecule has 0 aliphatic rings. The number of nitrogens with one attached hydrogen (secondary N) is 1. The van der Waals surface area contributed by atoms with Gasteiger partial charge < -0.3 is 5.32 Å². The number of amides is 1. The highest BCUT2D eigenvalue weighted by molar-refractivity contribution is 6.30. The molecule has 1 aromatic heterocycles. The van der Waals surface area contributed by atoms with Gasteiger partial charge in [-0.15, -0.1) is 0 Å². The van der Waals surface area contributed by atoms with E-state index in [-0.39, 0.29) is 5.69 Å². The first-order chi connectivity index (χ1) is 10.6. The number of hydrogen-bond acceptors (Lipinski definition) is 2. The van der Waals surface area contributed by atoms with Crippen LogP contribution < -0.4 is 5.32 Å². The van der Waals surface area contributed by atoms with E-state index in [0.29, 0.717) is 9.70 Å². The number of nitrogens with zero attached hydrogens (tertiary/aromatic N) is 2. The van der Waals surface area contributed by atoms with Crippen molar-refractivity contribution in [1.29, 1.82) is 0 Å². The molecule has 0 radical (unpaired) electrons. The smallest absolute Gasteiger partial charge is 0.342 e. The minimum Gasteiger partial charge on any atom is -0.342 e. The van der Waals surface area contributed by atoms with Gasteiger partial charge in [-0.2, -0.15) is 18.3 Å². The van der Waals surface area contributed by atoms with Crippen LogP contribution in [0.4, 0.5) is 13.2 Å². The van der Waals surface area contributed by atoms with Crippen molar-refractivity contribution in [3.05, 3.63) is 52.8 Å². The number of halogens is 4. The number of carbonyl (C=O) groups excluding carboxylic acids is 1. The average Bonchev–Trinajstić information content (AvgIpc) is 2.84. The molecule has 0 saturated carbocycles. The van der Waals surface area contributed by atoms with Crippen molar-refractivity contribution in [2.75, 3.05) is 0 Å². The number of carbonyl (C=O) groups is 1. The van der Waals surface area contributed by atoms with Gasteiger partial charge in [-0.1, -0.05) is 23.7 Å². The Morgan fingerprint density at radius 1 is 1.22 bits per heavy atom. The van der Waals surface area contributed by atoms with Crippen LogP contribution in [0.1, 0.15) is 29.9 Å². The molecule has 0 aliphatic heterocycles. The Labute approximate surface area is 136 Å². The molecule has 0 aliphatic carbocycles. The summed E-state index contributed by atoms with van der Waals surface area (Å²) < 4.78 is 38.1. The van der Waals surface area contributed by atoms with Gasteiger partial charge in [-0.05, 0) is 37.6 Å². The Bertz CT molecular complexity index is 693. The van der Waals surface area contributed by atoms with Crippen LogP contribution in [0.3, 0.4) is 0 Å². The lowest BCUT2D eigenvalue weighted by Crippen LogP contribution is -2.42. The van der Waals surface area contributed by atoms with E-state index in [1.165, 1.54) is 6.07 Å². The van der Waals surface area contributed by atoms with Crippen molar-refractivity contribution in [2.45, 2.75) is 32.1 Å². The molecule has 0 fully saturated rings. The molecular weight excluding hydrogens is 331 g/mol. The quantitative estimate of drug-likeness (QED) is 0.917. The van der Waals surface area contributed by atoms with Crippen LogP contribution in [0.25, 0.3) is 0 Å². The third kappa shape index (κ3) is 4.48. The summed E-state index contributed by atoms with van der Waals surface area (Å²) in [5.74, 6) is -0.633. The Balaban J connectivity index is 2.18. The van der Waals surface area contributed by atoms with Crippen LogP contribution >= 0.6 is 11.6 Å². The van der Waals surface area contributed by atoms with Gasteiger partial charge in [0.05, 0.1) is 5.54 Å². The van der Waals surface area contributed by atoms with E-state index >= 15 is 0 Å². The van der Waals surface area contributed by atoms with Crippen molar-refractivity contribution >= 4 is 17.5 Å². The first-order valence-corrected chi connectivity index (χ1v) is 7.13. The summed E-state index contributed by atoms with van der Waals surface area (Å²) in [6.07, 6.45) is -3.29. The summed E-state index contributed by atoms with van der Waals surface area (Å²) in [5, 5.41) is 6.82. The maximum Gasteiger partial charge on any atom is 0.408 e. The molecule has 0 atom stereocenters. The molecule has 0 saturated heterocycles. The highest BCUT2D eigenvalue weighted by atomic mass is 35.5. The number of rotatable bonds is 4. The zero-order valence-corrected chi connectivity index (χ0v) is 13.2. The highest BCUT2D eigenvalue weighted by Crippen LogP contribution is 2.23. The van der Waals surface area contributed by atoms with Gasteiger partial charge in [0.1, 0.15) is 12.2 Å². The molecule has 1 heterocycles. The second kappa shape index (κ2) is 6.23. The van der Waals surface area contributed by atoms with Crippen LogP contribution in [0, 0.1) is 0 Å². The topological polar surface area (TPSA) is 46.9 Å². The highest BCUT2D eigenvalue weighted by Gasteiger charge is 2.31. The minimum atomic E-state index is -4.45. The first kappa shape index (κ1) is 17.3. The van der Waals surface area contributed by atoms with Crippen LogP contribution in [0.5, 0.6) is 0 Å². The molecule has 0 bridgehead atoms. The molecule has 2 rings (SSSR count). The predicted molar refractivity (Wildman–Crippen MR) is 80.2 cm³/mol. The van der Waals surface area contributed by atoms with E-state index in [1.54, 1.807) is 38.1 Å². The summed E-state index contributed by atoms with van der Waals surface area (Å²) in [6.45, 7) is 2.18. The number of hydrogen-bond donors (Lipinski definition) is 1. The number of aromatic nitrogens is 2. The van der Waals surface area contributed by atoms with Gasteiger partial charge in [-0.3, -0.25) is 9.48 Å². The van der Waals surface area contributed by atoms with Crippen molar-refractivity contribution < 1.29 is 18.0 Å². The van der Waals surface area contributed by atoms with Crippen molar-refractivity contribution in [3.63, 3.8) is 0 Å². The standard InChI is InChI=1S/C15H15ClF3N3O/c1-14(2,10-3-5-11(16)6-4-10)21-13(23)12-7-8-20-22(12)9-15(17,18)19/h3-8H,9H2,1-2H3,(H,21,23). The lowest BCUT2D eigenvalue weighted by atomic mass is 9.94. The van der Waals surface area contributed by atoms with Gasteiger partial charge in [0.15, 0.2) is 0 Å². The molecule has 1 amide bonds. The fourth-order valence-electron chi connectivity index (χ4n) is 2.11. The van der Waals surface area contributed by atoms with Gasteiger partial charge in [0.2, 0.25) is 0 Å². The maximum absolute atomic E-state index is 12.5. The van der Waals surface area contributed by atoms with Crippen LogP contribution in [-0.4, -0.2) is 21.9 Å². The minimum absolute atomic E-state index is 0.149. The van der Waals surface area contributed by atoms with E-state index in [2.05, 4.69) is 10.4 Å². The molecule has 2 aromatic rings. The van der Waals surface area contributed by atoms with E-state index in [1.807, 2.05) is 0 Å². The normalized spacial score (nSPS) is 12.3. The zero-order valence-electron chi connectivity index (χ0n) is 12.5. The second-order valence-electron chi connectivity index (χ2n) is 5.58. The molecule has 4 nitrogen and oxygen atoms in total. The molecule has 1 aromatic carbocycles. The summed E-state index contributed by atoms with van der Waals surface area (Å²) in [7, 11) is 0. The Hall–Kier alpha value is -2.02. The molecular formula is C15H15ClF3N3O. The summed E-state index contributed by atoms with van der Waals surface area (Å²) >= 11 is 5.83. The van der Waals surface area contributed by atoms with E-state index in [9.17, 15) is 18.0 Å². The fraction of sp³-hybridized carbons (Fsp3) is 0.333. The van der Waals surface area contributed by atoms with Crippen LogP contribution in [0.2, 0.25) is 5.02 Å². The van der Waals surface area contributed by atoms with Gasteiger partial charge >= 0.3 is 6.18 Å². The van der Waals surface area contributed by atoms with Crippen molar-refractivity contribution in [2.24, 2.45) is 0 Å². The fourth-order valence-corrected chi connectivity index (χ4v) is 2.23. The Morgan fingerprint density at radius 3 is 2.39 bits per heavy atom. The third-order valence-corrected chi connectivity index (χ3v) is 3.52. The van der Waals surface area contributed by atoms with Crippen LogP contribution in [-0.2, 0) is 12.1 Å². The molecule has 124 valence electrons. The lowest BCUT2D eigenvalue weighted by Gasteiger charge is -2.27. The van der Waals surface area contributed by atoms with E-state index in [4.69, 9.17) is 11.6 Å². The number of benzene rings is 1. The monoisotopic (exact) mass is 345 g/mol. The molecule has 8 heteroatoms. The predicted octanol–water partition coefficient (Wildman–Crippen LogP) is 3.76. The van der Waals surface area contributed by atoms with Crippen LogP contribution in [0.15, 0.2) is 36.5 Å².